The van der Waals surface area contributed by atoms with Crippen LogP contribution in [0.15, 0.2) is 23.1 Å². The molecule has 1 amide bonds. The van der Waals surface area contributed by atoms with Crippen molar-refractivity contribution >= 4 is 15.9 Å². The van der Waals surface area contributed by atoms with Crippen LogP contribution in [0, 0.1) is 11.6 Å². The molecule has 1 aromatic rings. The zero-order chi connectivity index (χ0) is 13.9. The van der Waals surface area contributed by atoms with Crippen molar-refractivity contribution in [2.45, 2.75) is 4.90 Å². The second-order valence-electron chi connectivity index (χ2n) is 3.49. The first kappa shape index (κ1) is 14.5. The number of carbonyl (C=O) groups is 1. The van der Waals surface area contributed by atoms with E-state index in [0.717, 1.165) is 25.2 Å². The molecule has 1 N–H and O–H groups in total. The number of sulfonamides is 1. The minimum Gasteiger partial charge on any atom is -0.358 e. The molecule has 1 aromatic carbocycles. The molecule has 0 radical (unpaired) electrons. The van der Waals surface area contributed by atoms with Crippen LogP contribution in [0.4, 0.5) is 8.78 Å². The van der Waals surface area contributed by atoms with E-state index in [1.807, 2.05) is 0 Å². The van der Waals surface area contributed by atoms with Crippen molar-refractivity contribution in [1.82, 2.24) is 9.62 Å². The predicted octanol–water partition coefficient (Wildman–Crippen LogP) is 0.331. The topological polar surface area (TPSA) is 66.5 Å². The van der Waals surface area contributed by atoms with Gasteiger partial charge in [0.05, 0.1) is 6.54 Å². The summed E-state index contributed by atoms with van der Waals surface area (Å²) in [5.74, 6) is -2.98. The fourth-order valence-corrected chi connectivity index (χ4v) is 2.48. The molecule has 0 saturated heterocycles. The Kier molecular flexibility index (Phi) is 4.36. The van der Waals surface area contributed by atoms with Gasteiger partial charge in [-0.3, -0.25) is 4.79 Å². The quantitative estimate of drug-likeness (QED) is 0.863. The Morgan fingerprint density at radius 2 is 1.83 bits per heavy atom. The molecule has 0 heterocycles. The lowest BCUT2D eigenvalue weighted by atomic mass is 10.3. The molecule has 0 aliphatic rings. The number of rotatable bonds is 4. The van der Waals surface area contributed by atoms with Crippen molar-refractivity contribution in [2.75, 3.05) is 20.6 Å². The van der Waals surface area contributed by atoms with Crippen LogP contribution in [0.2, 0.25) is 0 Å². The van der Waals surface area contributed by atoms with Gasteiger partial charge in [-0.2, -0.15) is 4.31 Å². The average Bonchev–Trinajstić information content (AvgIpc) is 2.28. The molecule has 0 aliphatic heterocycles. The Labute approximate surface area is 103 Å². The van der Waals surface area contributed by atoms with E-state index in [1.54, 1.807) is 0 Å². The Morgan fingerprint density at radius 3 is 2.28 bits per heavy atom. The van der Waals surface area contributed by atoms with Crippen LogP contribution >= 0.6 is 0 Å². The number of benzene rings is 1. The van der Waals surface area contributed by atoms with Crippen LogP contribution in [0.1, 0.15) is 0 Å². The summed E-state index contributed by atoms with van der Waals surface area (Å²) in [5, 5.41) is 2.22. The Hall–Kier alpha value is -1.54. The third kappa shape index (κ3) is 2.82. The molecule has 0 spiro atoms. The molecule has 0 bridgehead atoms. The number of halogens is 2. The number of amides is 1. The smallest absolute Gasteiger partial charge is 0.249 e. The summed E-state index contributed by atoms with van der Waals surface area (Å²) >= 11 is 0. The van der Waals surface area contributed by atoms with Crippen molar-refractivity contribution in [3.05, 3.63) is 29.8 Å². The van der Waals surface area contributed by atoms with E-state index >= 15 is 0 Å². The lowest BCUT2D eigenvalue weighted by Gasteiger charge is -2.16. The third-order valence-electron chi connectivity index (χ3n) is 2.23. The summed E-state index contributed by atoms with van der Waals surface area (Å²) in [7, 11) is -1.99. The summed E-state index contributed by atoms with van der Waals surface area (Å²) < 4.78 is 51.1. The number of nitrogens with one attached hydrogen (secondary N) is 1. The van der Waals surface area contributed by atoms with Crippen molar-refractivity contribution in [1.29, 1.82) is 0 Å². The summed E-state index contributed by atoms with van der Waals surface area (Å²) in [6, 6.07) is 2.73. The normalized spacial score (nSPS) is 11.6. The highest BCUT2D eigenvalue weighted by Crippen LogP contribution is 2.21. The van der Waals surface area contributed by atoms with Crippen LogP contribution in [0.25, 0.3) is 0 Å². The molecule has 0 saturated carbocycles. The third-order valence-corrected chi connectivity index (χ3v) is 4.09. The number of likely N-dealkylation sites (N-methyl/N-ethyl adjacent to an activating group) is 2. The predicted molar refractivity (Wildman–Crippen MR) is 60.2 cm³/mol. The van der Waals surface area contributed by atoms with E-state index in [9.17, 15) is 22.0 Å². The SMILES string of the molecule is CNC(=O)CN(C)S(=O)(=O)c1c(F)cccc1F. The molecular weight excluding hydrogens is 266 g/mol. The van der Waals surface area contributed by atoms with Gasteiger partial charge < -0.3 is 5.32 Å². The lowest BCUT2D eigenvalue weighted by Crippen LogP contribution is -2.37. The first-order valence-electron chi connectivity index (χ1n) is 4.91. The van der Waals surface area contributed by atoms with E-state index in [4.69, 9.17) is 0 Å². The van der Waals surface area contributed by atoms with Crippen LogP contribution in [-0.4, -0.2) is 39.3 Å². The van der Waals surface area contributed by atoms with Gasteiger partial charge in [0.15, 0.2) is 4.90 Å². The fourth-order valence-electron chi connectivity index (χ4n) is 1.25. The first-order valence-corrected chi connectivity index (χ1v) is 6.35. The Morgan fingerprint density at radius 1 is 1.33 bits per heavy atom. The second-order valence-corrected chi connectivity index (χ2v) is 5.47. The van der Waals surface area contributed by atoms with E-state index < -0.39 is 39.0 Å². The molecule has 0 atom stereocenters. The van der Waals surface area contributed by atoms with Gasteiger partial charge in [-0.15, -0.1) is 0 Å². The molecule has 100 valence electrons. The highest BCUT2D eigenvalue weighted by Gasteiger charge is 2.29. The standard InChI is InChI=1S/C10H12F2N2O3S/c1-13-9(15)6-14(2)18(16,17)10-7(11)4-3-5-8(10)12/h3-5H,6H2,1-2H3,(H,13,15). The van der Waals surface area contributed by atoms with E-state index in [-0.39, 0.29) is 0 Å². The van der Waals surface area contributed by atoms with Crippen molar-refractivity contribution in [2.24, 2.45) is 0 Å². The van der Waals surface area contributed by atoms with Crippen molar-refractivity contribution < 1.29 is 22.0 Å². The molecule has 18 heavy (non-hydrogen) atoms. The lowest BCUT2D eigenvalue weighted by molar-refractivity contribution is -0.120. The molecular formula is C10H12F2N2O3S. The van der Waals surface area contributed by atoms with Crippen LogP contribution in [0.5, 0.6) is 0 Å². The van der Waals surface area contributed by atoms with Gasteiger partial charge in [0.2, 0.25) is 15.9 Å². The summed E-state index contributed by atoms with van der Waals surface area (Å²) in [6.45, 7) is -0.521. The van der Waals surface area contributed by atoms with Gasteiger partial charge in [0, 0.05) is 14.1 Å². The highest BCUT2D eigenvalue weighted by molar-refractivity contribution is 7.89. The van der Waals surface area contributed by atoms with Crippen molar-refractivity contribution in [3.63, 3.8) is 0 Å². The number of hydrogen-bond donors (Lipinski definition) is 1. The van der Waals surface area contributed by atoms with Crippen molar-refractivity contribution in [3.8, 4) is 0 Å². The fraction of sp³-hybridized carbons (Fsp3) is 0.300. The van der Waals surface area contributed by atoms with Gasteiger partial charge in [0.25, 0.3) is 0 Å². The average molecular weight is 278 g/mol. The molecule has 1 rings (SSSR count). The zero-order valence-corrected chi connectivity index (χ0v) is 10.6. The highest BCUT2D eigenvalue weighted by atomic mass is 32.2. The Balaban J connectivity index is 3.18. The minimum absolute atomic E-state index is 0.521. The monoisotopic (exact) mass is 278 g/mol. The van der Waals surface area contributed by atoms with E-state index in [0.29, 0.717) is 4.31 Å². The maximum absolute atomic E-state index is 13.4. The minimum atomic E-state index is -4.38. The van der Waals surface area contributed by atoms with Gasteiger partial charge in [-0.1, -0.05) is 6.07 Å². The molecule has 0 aliphatic carbocycles. The molecule has 0 unspecified atom stereocenters. The summed E-state index contributed by atoms with van der Waals surface area (Å²) in [6.07, 6.45) is 0. The van der Waals surface area contributed by atoms with Gasteiger partial charge >= 0.3 is 0 Å². The summed E-state index contributed by atoms with van der Waals surface area (Å²) in [4.78, 5) is 10.0. The largest absolute Gasteiger partial charge is 0.358 e. The number of carbonyl (C=O) groups excluding carboxylic acids is 1. The second kappa shape index (κ2) is 5.40. The molecule has 5 nitrogen and oxygen atoms in total. The molecule has 8 heteroatoms. The first-order chi connectivity index (χ1) is 8.30. The van der Waals surface area contributed by atoms with Crippen LogP contribution in [-0.2, 0) is 14.8 Å². The number of nitrogens with zero attached hydrogens (tertiary/aromatic N) is 1. The van der Waals surface area contributed by atoms with Crippen LogP contribution in [0.3, 0.4) is 0 Å². The van der Waals surface area contributed by atoms with E-state index in [2.05, 4.69) is 5.32 Å². The van der Waals surface area contributed by atoms with Gasteiger partial charge in [0.1, 0.15) is 11.6 Å². The van der Waals surface area contributed by atoms with E-state index in [1.165, 1.54) is 7.05 Å². The maximum atomic E-state index is 13.4. The maximum Gasteiger partial charge on any atom is 0.249 e. The van der Waals surface area contributed by atoms with Crippen LogP contribution < -0.4 is 5.32 Å². The number of hydrogen-bond acceptors (Lipinski definition) is 3. The molecule has 0 fully saturated rings. The Bertz CT molecular complexity index is 540. The zero-order valence-electron chi connectivity index (χ0n) is 9.78. The van der Waals surface area contributed by atoms with Gasteiger partial charge in [-0.05, 0) is 12.1 Å². The summed E-state index contributed by atoms with van der Waals surface area (Å²) in [5.41, 5.74) is 0. The van der Waals surface area contributed by atoms with Gasteiger partial charge in [-0.25, -0.2) is 17.2 Å². The molecule has 0 aromatic heterocycles.